The Kier molecular flexibility index (Phi) is 5.12. The number of hydrogen-bond acceptors (Lipinski definition) is 4. The van der Waals surface area contributed by atoms with Crippen molar-refractivity contribution < 1.29 is 14.3 Å². The second kappa shape index (κ2) is 7.48. The third-order valence-electron chi connectivity index (χ3n) is 4.34. The molecule has 4 nitrogen and oxygen atoms in total. The van der Waals surface area contributed by atoms with Gasteiger partial charge in [-0.15, -0.1) is 0 Å². The topological polar surface area (TPSA) is 59.7 Å². The number of aromatic hydroxyl groups is 1. The Bertz CT molecular complexity index is 1010. The molecule has 0 spiro atoms. The Morgan fingerprint density at radius 1 is 1.23 bits per heavy atom. The van der Waals surface area contributed by atoms with Crippen molar-refractivity contribution in [3.8, 4) is 17.1 Å². The van der Waals surface area contributed by atoms with Gasteiger partial charge in [-0.25, -0.2) is 0 Å². The first kappa shape index (κ1) is 17.8. The first-order valence-corrected chi connectivity index (χ1v) is 8.54. The smallest absolute Gasteiger partial charge is 0.200 e. The molecule has 0 radical (unpaired) electrons. The van der Waals surface area contributed by atoms with E-state index in [4.69, 9.17) is 9.15 Å². The molecule has 3 aromatic rings. The summed E-state index contributed by atoms with van der Waals surface area (Å²) < 4.78 is 11.1. The van der Waals surface area contributed by atoms with E-state index in [9.17, 15) is 9.90 Å². The van der Waals surface area contributed by atoms with Crippen LogP contribution < -0.4 is 5.43 Å². The van der Waals surface area contributed by atoms with Crippen LogP contribution in [0.4, 0.5) is 0 Å². The van der Waals surface area contributed by atoms with Gasteiger partial charge in [0.1, 0.15) is 22.5 Å². The second-order valence-corrected chi connectivity index (χ2v) is 6.46. The molecule has 0 saturated heterocycles. The second-order valence-electron chi connectivity index (χ2n) is 6.46. The van der Waals surface area contributed by atoms with E-state index in [1.165, 1.54) is 0 Å². The minimum Gasteiger partial charge on any atom is -0.507 e. The van der Waals surface area contributed by atoms with Crippen molar-refractivity contribution in [3.63, 3.8) is 0 Å². The van der Waals surface area contributed by atoms with Crippen LogP contribution in [0.1, 0.15) is 24.5 Å². The van der Waals surface area contributed by atoms with Gasteiger partial charge in [-0.3, -0.25) is 4.79 Å². The number of ether oxygens (including phenoxy) is 1. The van der Waals surface area contributed by atoms with Crippen LogP contribution in [-0.4, -0.2) is 12.2 Å². The molecule has 0 saturated carbocycles. The lowest BCUT2D eigenvalue weighted by Crippen LogP contribution is -2.12. The summed E-state index contributed by atoms with van der Waals surface area (Å²) in [5.41, 5.74) is 3.48. The molecule has 0 fully saturated rings. The molecule has 4 heteroatoms. The largest absolute Gasteiger partial charge is 0.507 e. The number of benzene rings is 2. The highest BCUT2D eigenvalue weighted by Gasteiger charge is 2.18. The van der Waals surface area contributed by atoms with E-state index in [-0.39, 0.29) is 16.6 Å². The third kappa shape index (κ3) is 3.49. The quantitative estimate of drug-likeness (QED) is 0.661. The third-order valence-corrected chi connectivity index (χ3v) is 4.34. The summed E-state index contributed by atoms with van der Waals surface area (Å²) in [6, 6.07) is 12.9. The maximum atomic E-state index is 13.2. The van der Waals surface area contributed by atoms with Crippen molar-refractivity contribution in [1.29, 1.82) is 0 Å². The van der Waals surface area contributed by atoms with Crippen LogP contribution in [0.15, 0.2) is 63.5 Å². The molecular weight excluding hydrogens is 328 g/mol. The number of phenols is 1. The number of allylic oxidation sites excluding steroid dienone is 1. The highest BCUT2D eigenvalue weighted by atomic mass is 16.5. The summed E-state index contributed by atoms with van der Waals surface area (Å²) in [6.07, 6.45) is 2.84. The lowest BCUT2D eigenvalue weighted by atomic mass is 9.98. The Balaban J connectivity index is 2.23. The van der Waals surface area contributed by atoms with Crippen LogP contribution in [0.3, 0.4) is 0 Å². The number of methoxy groups -OCH3 is 1. The molecule has 0 aliphatic carbocycles. The normalized spacial score (nSPS) is 11.7. The number of hydrogen-bond donors (Lipinski definition) is 1. The lowest BCUT2D eigenvalue weighted by molar-refractivity contribution is 0.332. The first-order chi connectivity index (χ1) is 12.5. The van der Waals surface area contributed by atoms with Gasteiger partial charge in [0, 0.05) is 11.1 Å². The molecule has 0 atom stereocenters. The van der Waals surface area contributed by atoms with E-state index in [2.05, 4.69) is 0 Å². The molecule has 0 bridgehead atoms. The van der Waals surface area contributed by atoms with Gasteiger partial charge in [-0.1, -0.05) is 30.3 Å². The van der Waals surface area contributed by atoms with Crippen LogP contribution in [0.5, 0.6) is 5.75 Å². The Morgan fingerprint density at radius 2 is 1.96 bits per heavy atom. The molecule has 2 aromatic carbocycles. The minimum absolute atomic E-state index is 0.0428. The van der Waals surface area contributed by atoms with Gasteiger partial charge in [0.05, 0.1) is 13.4 Å². The van der Waals surface area contributed by atoms with Gasteiger partial charge in [-0.2, -0.15) is 0 Å². The van der Waals surface area contributed by atoms with Crippen molar-refractivity contribution in [2.45, 2.75) is 26.7 Å². The van der Waals surface area contributed by atoms with Gasteiger partial charge in [0.25, 0.3) is 0 Å². The molecule has 134 valence electrons. The number of aryl methyl sites for hydroxylation is 1. The molecule has 1 aromatic heterocycles. The zero-order chi connectivity index (χ0) is 18.7. The number of phenolic OH excluding ortho intramolecular Hbond substituents is 1. The monoisotopic (exact) mass is 350 g/mol. The standard InChI is InChI=1S/C22H22O4/c1-14(13-25-3)9-10-17-21(24)20-18(23)11-15(2)12-19(20)26-22(17)16-7-5-4-6-8-16/h4-8,11-13,23H,9-10H2,1-3H3/b14-13+. The number of rotatable bonds is 5. The predicted molar refractivity (Wildman–Crippen MR) is 103 cm³/mol. The molecular formula is C22H22O4. The first-order valence-electron chi connectivity index (χ1n) is 8.54. The van der Waals surface area contributed by atoms with E-state index in [0.29, 0.717) is 29.7 Å². The summed E-state index contributed by atoms with van der Waals surface area (Å²) in [7, 11) is 1.60. The van der Waals surface area contributed by atoms with Gasteiger partial charge < -0.3 is 14.3 Å². The Labute approximate surface area is 152 Å². The van der Waals surface area contributed by atoms with Crippen LogP contribution in [0.25, 0.3) is 22.3 Å². The molecule has 0 aliphatic rings. The fourth-order valence-corrected chi connectivity index (χ4v) is 3.10. The Morgan fingerprint density at radius 3 is 2.65 bits per heavy atom. The summed E-state index contributed by atoms with van der Waals surface area (Å²) >= 11 is 0. The SMILES string of the molecule is CO/C=C(\C)CCc1c(-c2ccccc2)oc2cc(C)cc(O)c2c1=O. The molecule has 0 unspecified atom stereocenters. The maximum absolute atomic E-state index is 13.2. The molecule has 1 N–H and O–H groups in total. The average molecular weight is 350 g/mol. The van der Waals surface area contributed by atoms with E-state index >= 15 is 0 Å². The van der Waals surface area contributed by atoms with Crippen molar-refractivity contribution in [2.24, 2.45) is 0 Å². The van der Waals surface area contributed by atoms with Crippen molar-refractivity contribution in [2.75, 3.05) is 7.11 Å². The van der Waals surface area contributed by atoms with Crippen molar-refractivity contribution in [3.05, 3.63) is 75.6 Å². The van der Waals surface area contributed by atoms with Gasteiger partial charge in [0.15, 0.2) is 5.43 Å². The fourth-order valence-electron chi connectivity index (χ4n) is 3.10. The fraction of sp³-hybridized carbons (Fsp3) is 0.227. The molecule has 1 heterocycles. The molecule has 3 rings (SSSR count). The van der Waals surface area contributed by atoms with E-state index in [1.807, 2.05) is 44.2 Å². The van der Waals surface area contributed by atoms with E-state index in [0.717, 1.165) is 16.7 Å². The summed E-state index contributed by atoms with van der Waals surface area (Å²) in [4.78, 5) is 13.2. The van der Waals surface area contributed by atoms with Gasteiger partial charge >= 0.3 is 0 Å². The van der Waals surface area contributed by atoms with E-state index < -0.39 is 0 Å². The highest BCUT2D eigenvalue weighted by molar-refractivity contribution is 5.86. The van der Waals surface area contributed by atoms with Gasteiger partial charge in [0.2, 0.25) is 0 Å². The Hall–Kier alpha value is -3.01. The molecule has 0 aliphatic heterocycles. The zero-order valence-electron chi connectivity index (χ0n) is 15.2. The van der Waals surface area contributed by atoms with Crippen LogP contribution in [-0.2, 0) is 11.2 Å². The minimum atomic E-state index is -0.187. The van der Waals surface area contributed by atoms with Crippen LogP contribution in [0, 0.1) is 6.92 Å². The highest BCUT2D eigenvalue weighted by Crippen LogP contribution is 2.31. The van der Waals surface area contributed by atoms with Gasteiger partial charge in [-0.05, 0) is 50.0 Å². The molecule has 0 amide bonds. The zero-order valence-corrected chi connectivity index (χ0v) is 15.2. The summed E-state index contributed by atoms with van der Waals surface area (Å²) in [6.45, 7) is 3.81. The summed E-state index contributed by atoms with van der Waals surface area (Å²) in [5.74, 6) is 0.511. The predicted octanol–water partition coefficient (Wildman–Crippen LogP) is 4.96. The maximum Gasteiger partial charge on any atom is 0.200 e. The lowest BCUT2D eigenvalue weighted by Gasteiger charge is -2.12. The molecule has 26 heavy (non-hydrogen) atoms. The average Bonchev–Trinajstić information content (AvgIpc) is 2.61. The summed E-state index contributed by atoms with van der Waals surface area (Å²) in [5, 5.41) is 10.5. The number of fused-ring (bicyclic) bond motifs is 1. The van der Waals surface area contributed by atoms with Crippen molar-refractivity contribution >= 4 is 11.0 Å². The van der Waals surface area contributed by atoms with Crippen LogP contribution >= 0.6 is 0 Å². The van der Waals surface area contributed by atoms with E-state index in [1.54, 1.807) is 25.5 Å². The van der Waals surface area contributed by atoms with Crippen LogP contribution in [0.2, 0.25) is 0 Å². The van der Waals surface area contributed by atoms with Crippen molar-refractivity contribution in [1.82, 2.24) is 0 Å².